The largest absolute Gasteiger partial charge is 0.496 e. The standard InChI is InChI=1S/C25H24N4O3/c1-28(2)19-12-10-18(11-13-19)27-23-22(20-8-4-5-9-21(20)32-3)24(30)29(25(23)31)16-17-7-6-14-26-15-17/h4-15,27H,16H2,1-3H3. The lowest BCUT2D eigenvalue weighted by atomic mass is 10.0. The van der Waals surface area contributed by atoms with E-state index in [0.29, 0.717) is 17.0 Å². The second kappa shape index (κ2) is 8.93. The summed E-state index contributed by atoms with van der Waals surface area (Å²) >= 11 is 0. The van der Waals surface area contributed by atoms with Crippen molar-refractivity contribution in [3.05, 3.63) is 89.9 Å². The molecule has 0 radical (unpaired) electrons. The van der Waals surface area contributed by atoms with Gasteiger partial charge in [-0.25, -0.2) is 0 Å². The number of nitrogens with one attached hydrogen (secondary N) is 1. The molecule has 2 amide bonds. The summed E-state index contributed by atoms with van der Waals surface area (Å²) < 4.78 is 5.48. The summed E-state index contributed by atoms with van der Waals surface area (Å²) in [5.74, 6) is -0.249. The molecule has 3 aromatic rings. The first-order valence-electron chi connectivity index (χ1n) is 10.2. The number of hydrogen-bond donors (Lipinski definition) is 1. The van der Waals surface area contributed by atoms with E-state index in [-0.39, 0.29) is 23.7 Å². The Kier molecular flexibility index (Phi) is 5.89. The maximum atomic E-state index is 13.5. The lowest BCUT2D eigenvalue weighted by Crippen LogP contribution is -2.32. The lowest BCUT2D eigenvalue weighted by molar-refractivity contribution is -0.137. The molecule has 1 aliphatic heterocycles. The van der Waals surface area contributed by atoms with Crippen LogP contribution in [-0.2, 0) is 16.1 Å². The molecule has 0 atom stereocenters. The number of benzene rings is 2. The van der Waals surface area contributed by atoms with Crippen LogP contribution in [0.1, 0.15) is 11.1 Å². The Morgan fingerprint density at radius 1 is 0.969 bits per heavy atom. The van der Waals surface area contributed by atoms with Gasteiger partial charge in [0.2, 0.25) is 0 Å². The Morgan fingerprint density at radius 2 is 1.72 bits per heavy atom. The number of rotatable bonds is 7. The normalized spacial score (nSPS) is 13.5. The van der Waals surface area contributed by atoms with Crippen LogP contribution in [0, 0.1) is 0 Å². The van der Waals surface area contributed by atoms with Crippen LogP contribution >= 0.6 is 0 Å². The predicted octanol–water partition coefficient (Wildman–Crippen LogP) is 3.55. The number of ether oxygens (including phenoxy) is 1. The molecule has 2 heterocycles. The summed E-state index contributed by atoms with van der Waals surface area (Å²) in [5.41, 5.74) is 3.58. The molecule has 1 aliphatic rings. The first-order valence-corrected chi connectivity index (χ1v) is 10.2. The van der Waals surface area contributed by atoms with E-state index in [2.05, 4.69) is 10.3 Å². The van der Waals surface area contributed by atoms with Crippen LogP contribution in [0.5, 0.6) is 5.75 Å². The molecule has 0 aliphatic carbocycles. The van der Waals surface area contributed by atoms with E-state index in [0.717, 1.165) is 11.3 Å². The Morgan fingerprint density at radius 3 is 2.38 bits per heavy atom. The molecular weight excluding hydrogens is 404 g/mol. The van der Waals surface area contributed by atoms with E-state index in [9.17, 15) is 9.59 Å². The summed E-state index contributed by atoms with van der Waals surface area (Å²) in [6.07, 6.45) is 3.30. The predicted molar refractivity (Wildman–Crippen MR) is 124 cm³/mol. The molecule has 2 aromatic carbocycles. The van der Waals surface area contributed by atoms with Gasteiger partial charge < -0.3 is 15.0 Å². The molecule has 4 rings (SSSR count). The average Bonchev–Trinajstić information content (AvgIpc) is 3.04. The first-order chi connectivity index (χ1) is 15.5. The highest BCUT2D eigenvalue weighted by molar-refractivity contribution is 6.36. The van der Waals surface area contributed by atoms with Gasteiger partial charge in [0.25, 0.3) is 11.8 Å². The molecule has 0 fully saturated rings. The zero-order valence-electron chi connectivity index (χ0n) is 18.2. The SMILES string of the molecule is COc1ccccc1C1=C(Nc2ccc(N(C)C)cc2)C(=O)N(Cc2cccnc2)C1=O. The summed E-state index contributed by atoms with van der Waals surface area (Å²) in [7, 11) is 5.46. The fourth-order valence-corrected chi connectivity index (χ4v) is 3.60. The molecule has 0 saturated carbocycles. The van der Waals surface area contributed by atoms with Gasteiger partial charge in [0.05, 0.1) is 19.2 Å². The minimum Gasteiger partial charge on any atom is -0.496 e. The number of para-hydroxylation sites is 1. The maximum Gasteiger partial charge on any atom is 0.278 e. The molecular formula is C25H24N4O3. The second-order valence-electron chi connectivity index (χ2n) is 7.57. The highest BCUT2D eigenvalue weighted by atomic mass is 16.5. The van der Waals surface area contributed by atoms with Gasteiger partial charge >= 0.3 is 0 Å². The zero-order chi connectivity index (χ0) is 22.7. The fraction of sp³-hybridized carbons (Fsp3) is 0.160. The minimum absolute atomic E-state index is 0.134. The van der Waals surface area contributed by atoms with E-state index < -0.39 is 5.91 Å². The van der Waals surface area contributed by atoms with Crippen molar-refractivity contribution in [3.8, 4) is 5.75 Å². The Bertz CT molecular complexity index is 1170. The smallest absolute Gasteiger partial charge is 0.278 e. The number of amides is 2. The van der Waals surface area contributed by atoms with Crippen molar-refractivity contribution in [3.63, 3.8) is 0 Å². The summed E-state index contributed by atoms with van der Waals surface area (Å²) in [6.45, 7) is 0.134. The molecule has 1 aromatic heterocycles. The van der Waals surface area contributed by atoms with Crippen molar-refractivity contribution in [1.29, 1.82) is 0 Å². The number of aromatic nitrogens is 1. The number of carbonyl (C=O) groups excluding carboxylic acids is 2. The van der Waals surface area contributed by atoms with Crippen LogP contribution < -0.4 is 15.0 Å². The third kappa shape index (κ3) is 4.05. The van der Waals surface area contributed by atoms with Crippen LogP contribution in [0.15, 0.2) is 78.8 Å². The lowest BCUT2D eigenvalue weighted by Gasteiger charge is -2.16. The number of hydrogen-bond acceptors (Lipinski definition) is 6. The Labute approximate surface area is 186 Å². The van der Waals surface area contributed by atoms with Crippen molar-refractivity contribution in [2.24, 2.45) is 0 Å². The molecule has 0 saturated heterocycles. The quantitative estimate of drug-likeness (QED) is 0.580. The van der Waals surface area contributed by atoms with Crippen LogP contribution in [0.2, 0.25) is 0 Å². The number of imide groups is 1. The van der Waals surface area contributed by atoms with Crippen LogP contribution in [0.3, 0.4) is 0 Å². The van der Waals surface area contributed by atoms with Gasteiger partial charge in [0.1, 0.15) is 11.4 Å². The van der Waals surface area contributed by atoms with E-state index in [4.69, 9.17) is 4.74 Å². The van der Waals surface area contributed by atoms with Crippen LogP contribution in [0.4, 0.5) is 11.4 Å². The van der Waals surface area contributed by atoms with Crippen molar-refractivity contribution in [2.75, 3.05) is 31.4 Å². The second-order valence-corrected chi connectivity index (χ2v) is 7.57. The molecule has 0 unspecified atom stereocenters. The minimum atomic E-state index is -0.392. The fourth-order valence-electron chi connectivity index (χ4n) is 3.60. The first kappa shape index (κ1) is 21.1. The van der Waals surface area contributed by atoms with Gasteiger partial charge in [-0.15, -0.1) is 0 Å². The Hall–Kier alpha value is -4.13. The number of nitrogens with zero attached hydrogens (tertiary/aromatic N) is 3. The van der Waals surface area contributed by atoms with Gasteiger partial charge in [-0.2, -0.15) is 0 Å². The van der Waals surface area contributed by atoms with Gasteiger partial charge in [-0.1, -0.05) is 24.3 Å². The third-order valence-electron chi connectivity index (χ3n) is 5.26. The van der Waals surface area contributed by atoms with Crippen molar-refractivity contribution in [2.45, 2.75) is 6.54 Å². The van der Waals surface area contributed by atoms with E-state index in [1.165, 1.54) is 4.90 Å². The molecule has 0 bridgehead atoms. The number of anilines is 2. The highest BCUT2D eigenvalue weighted by Gasteiger charge is 2.40. The van der Waals surface area contributed by atoms with Gasteiger partial charge in [-0.05, 0) is 42.0 Å². The van der Waals surface area contributed by atoms with Gasteiger partial charge in [0.15, 0.2) is 0 Å². The molecule has 7 heteroatoms. The highest BCUT2D eigenvalue weighted by Crippen LogP contribution is 2.36. The van der Waals surface area contributed by atoms with E-state index in [1.54, 1.807) is 37.7 Å². The molecule has 0 spiro atoms. The summed E-state index contributed by atoms with van der Waals surface area (Å²) in [4.78, 5) is 34.2. The van der Waals surface area contributed by atoms with E-state index in [1.807, 2.05) is 61.5 Å². The summed E-state index contributed by atoms with van der Waals surface area (Å²) in [6, 6.07) is 18.5. The molecule has 162 valence electrons. The maximum absolute atomic E-state index is 13.5. The topological polar surface area (TPSA) is 74.8 Å². The Balaban J connectivity index is 1.75. The van der Waals surface area contributed by atoms with Crippen molar-refractivity contribution < 1.29 is 14.3 Å². The van der Waals surface area contributed by atoms with Crippen molar-refractivity contribution >= 4 is 28.8 Å². The van der Waals surface area contributed by atoms with Crippen molar-refractivity contribution in [1.82, 2.24) is 9.88 Å². The van der Waals surface area contributed by atoms with Crippen LogP contribution in [-0.4, -0.2) is 42.9 Å². The molecule has 1 N–H and O–H groups in total. The van der Waals surface area contributed by atoms with E-state index >= 15 is 0 Å². The summed E-state index contributed by atoms with van der Waals surface area (Å²) in [5, 5.41) is 3.18. The monoisotopic (exact) mass is 428 g/mol. The third-order valence-corrected chi connectivity index (χ3v) is 5.26. The molecule has 32 heavy (non-hydrogen) atoms. The zero-order valence-corrected chi connectivity index (χ0v) is 18.2. The van der Waals surface area contributed by atoms with Gasteiger partial charge in [-0.3, -0.25) is 19.5 Å². The van der Waals surface area contributed by atoms with Gasteiger partial charge in [0, 0.05) is 43.4 Å². The number of carbonyl (C=O) groups is 2. The average molecular weight is 428 g/mol. The number of pyridine rings is 1. The van der Waals surface area contributed by atoms with Crippen LogP contribution in [0.25, 0.3) is 5.57 Å². The number of methoxy groups -OCH3 is 1. The molecule has 7 nitrogen and oxygen atoms in total.